The van der Waals surface area contributed by atoms with Crippen molar-refractivity contribution in [2.45, 2.75) is 24.3 Å². The predicted molar refractivity (Wildman–Crippen MR) is 118 cm³/mol. The van der Waals surface area contributed by atoms with Gasteiger partial charge < -0.3 is 4.90 Å². The third kappa shape index (κ3) is 5.31. The molecule has 2 heterocycles. The Bertz CT molecular complexity index is 1090. The summed E-state index contributed by atoms with van der Waals surface area (Å²) in [5.74, 6) is -0.296. The molecule has 1 amide bonds. The summed E-state index contributed by atoms with van der Waals surface area (Å²) in [6, 6.07) is 12.1. The van der Waals surface area contributed by atoms with Crippen LogP contribution in [0.2, 0.25) is 5.15 Å². The van der Waals surface area contributed by atoms with Crippen molar-refractivity contribution in [2.75, 3.05) is 19.6 Å². The second kappa shape index (κ2) is 10.1. The second-order valence-corrected chi connectivity index (χ2v) is 9.55. The smallest absolute Gasteiger partial charge is 0.246 e. The van der Waals surface area contributed by atoms with Gasteiger partial charge in [-0.3, -0.25) is 4.79 Å². The van der Waals surface area contributed by atoms with Crippen molar-refractivity contribution in [2.24, 2.45) is 5.92 Å². The number of benzene rings is 1. The van der Waals surface area contributed by atoms with E-state index in [1.165, 1.54) is 22.6 Å². The molecule has 0 unspecified atom stereocenters. The van der Waals surface area contributed by atoms with Crippen LogP contribution < -0.4 is 0 Å². The first-order chi connectivity index (χ1) is 14.9. The van der Waals surface area contributed by atoms with Crippen LogP contribution in [-0.4, -0.2) is 48.1 Å². The van der Waals surface area contributed by atoms with Gasteiger partial charge in [-0.05, 0) is 42.7 Å². The highest BCUT2D eigenvalue weighted by Gasteiger charge is 2.34. The molecule has 31 heavy (non-hydrogen) atoms. The number of sulfonamides is 1. The fourth-order valence-corrected chi connectivity index (χ4v) is 5.50. The highest BCUT2D eigenvalue weighted by Crippen LogP contribution is 2.28. The molecular weight excluding hydrogens is 436 g/mol. The van der Waals surface area contributed by atoms with E-state index in [0.29, 0.717) is 31.5 Å². The minimum absolute atomic E-state index is 0.0180. The maximum atomic E-state index is 13.1. The lowest BCUT2D eigenvalue weighted by molar-refractivity contribution is -0.136. The number of carbonyl (C=O) groups excluding carboxylic acids is 1. The van der Waals surface area contributed by atoms with Gasteiger partial charge in [0.25, 0.3) is 0 Å². The van der Waals surface area contributed by atoms with E-state index >= 15 is 0 Å². The molecule has 162 valence electrons. The third-order valence-corrected chi connectivity index (χ3v) is 7.61. The molecule has 1 aliphatic heterocycles. The van der Waals surface area contributed by atoms with E-state index < -0.39 is 10.0 Å². The first-order valence-corrected chi connectivity index (χ1v) is 11.7. The second-order valence-electron chi connectivity index (χ2n) is 7.29. The molecule has 0 spiro atoms. The van der Waals surface area contributed by atoms with Gasteiger partial charge in [-0.2, -0.15) is 9.57 Å². The van der Waals surface area contributed by atoms with Gasteiger partial charge in [0.15, 0.2) is 0 Å². The van der Waals surface area contributed by atoms with E-state index in [4.69, 9.17) is 16.9 Å². The lowest BCUT2D eigenvalue weighted by Crippen LogP contribution is -2.44. The first kappa shape index (κ1) is 22.9. The molecule has 1 fully saturated rings. The Balaban J connectivity index is 1.66. The van der Waals surface area contributed by atoms with E-state index in [9.17, 15) is 13.2 Å². The molecule has 9 heteroatoms. The van der Waals surface area contributed by atoms with Gasteiger partial charge in [-0.1, -0.05) is 29.8 Å². The van der Waals surface area contributed by atoms with Crippen LogP contribution in [-0.2, 0) is 21.4 Å². The number of nitriles is 1. The summed E-state index contributed by atoms with van der Waals surface area (Å²) in [6.07, 6.45) is 3.97. The first-order valence-electron chi connectivity index (χ1n) is 9.86. The molecule has 3 rings (SSSR count). The molecule has 1 aromatic carbocycles. The number of rotatable bonds is 7. The van der Waals surface area contributed by atoms with Crippen LogP contribution >= 0.6 is 11.6 Å². The maximum Gasteiger partial charge on any atom is 0.246 e. The van der Waals surface area contributed by atoms with Crippen LogP contribution in [0.1, 0.15) is 24.0 Å². The SMILES string of the molecule is C=CCN(Cc1ccc(C#N)cc1)C(=O)C1CCN(S(=O)(=O)c2cccnc2Cl)CC1. The molecular formula is C22H23ClN4O3S. The van der Waals surface area contributed by atoms with Crippen molar-refractivity contribution in [3.05, 3.63) is 71.5 Å². The van der Waals surface area contributed by atoms with E-state index in [-0.39, 0.29) is 35.0 Å². The van der Waals surface area contributed by atoms with Gasteiger partial charge in [0.05, 0.1) is 11.6 Å². The van der Waals surface area contributed by atoms with Crippen molar-refractivity contribution in [1.29, 1.82) is 5.26 Å². The Morgan fingerprint density at radius 2 is 1.97 bits per heavy atom. The topological polar surface area (TPSA) is 94.4 Å². The zero-order valence-electron chi connectivity index (χ0n) is 16.9. The number of nitrogens with zero attached hydrogens (tertiary/aromatic N) is 4. The molecule has 7 nitrogen and oxygen atoms in total. The molecule has 0 saturated carbocycles. The van der Waals surface area contributed by atoms with Crippen molar-refractivity contribution < 1.29 is 13.2 Å². The average Bonchev–Trinajstić information content (AvgIpc) is 2.79. The molecule has 0 N–H and O–H groups in total. The molecule has 0 radical (unpaired) electrons. The Kier molecular flexibility index (Phi) is 7.44. The summed E-state index contributed by atoms with van der Waals surface area (Å²) in [6.45, 7) is 5.01. The third-order valence-electron chi connectivity index (χ3n) is 5.26. The van der Waals surface area contributed by atoms with Crippen LogP contribution in [0.25, 0.3) is 0 Å². The van der Waals surface area contributed by atoms with Crippen LogP contribution in [0.4, 0.5) is 0 Å². The molecule has 0 aliphatic carbocycles. The van der Waals surface area contributed by atoms with Crippen molar-refractivity contribution in [3.8, 4) is 6.07 Å². The fourth-order valence-electron chi connectivity index (χ4n) is 3.60. The number of aromatic nitrogens is 1. The summed E-state index contributed by atoms with van der Waals surface area (Å²) in [5.41, 5.74) is 1.48. The monoisotopic (exact) mass is 458 g/mol. The van der Waals surface area contributed by atoms with Crippen LogP contribution in [0, 0.1) is 17.2 Å². The molecule has 0 bridgehead atoms. The summed E-state index contributed by atoms with van der Waals surface area (Å²) >= 11 is 5.97. The van der Waals surface area contributed by atoms with Gasteiger partial charge in [-0.15, -0.1) is 6.58 Å². The van der Waals surface area contributed by atoms with Gasteiger partial charge in [0, 0.05) is 38.3 Å². The average molecular weight is 459 g/mol. The lowest BCUT2D eigenvalue weighted by Gasteiger charge is -2.33. The van der Waals surface area contributed by atoms with Crippen molar-refractivity contribution >= 4 is 27.5 Å². The molecule has 1 aliphatic rings. The zero-order valence-corrected chi connectivity index (χ0v) is 18.5. The summed E-state index contributed by atoms with van der Waals surface area (Å²) in [5, 5.41) is 8.88. The van der Waals surface area contributed by atoms with Gasteiger partial charge in [0.2, 0.25) is 15.9 Å². The maximum absolute atomic E-state index is 13.1. The van der Waals surface area contributed by atoms with E-state index in [1.807, 2.05) is 12.1 Å². The number of hydrogen-bond acceptors (Lipinski definition) is 5. The number of carbonyl (C=O) groups is 1. The minimum Gasteiger partial charge on any atom is -0.334 e. The molecule has 0 atom stereocenters. The fraction of sp³-hybridized carbons (Fsp3) is 0.318. The van der Waals surface area contributed by atoms with Gasteiger partial charge in [-0.25, -0.2) is 13.4 Å². The quantitative estimate of drug-likeness (QED) is 0.469. The number of piperidine rings is 1. The number of halogens is 1. The Labute approximate surface area is 187 Å². The highest BCUT2D eigenvalue weighted by atomic mass is 35.5. The van der Waals surface area contributed by atoms with Crippen LogP contribution in [0.3, 0.4) is 0 Å². The standard InChI is InChI=1S/C22H23ClN4O3S/c1-2-12-26(16-18-7-5-17(15-24)6-8-18)22(28)19-9-13-27(14-10-19)31(29,30)20-4-3-11-25-21(20)23/h2-8,11,19H,1,9-10,12-14,16H2. The molecule has 1 aromatic heterocycles. The molecule has 1 saturated heterocycles. The van der Waals surface area contributed by atoms with Gasteiger partial charge in [0.1, 0.15) is 10.0 Å². The van der Waals surface area contributed by atoms with E-state index in [2.05, 4.69) is 17.6 Å². The summed E-state index contributed by atoms with van der Waals surface area (Å²) in [7, 11) is -3.76. The highest BCUT2D eigenvalue weighted by molar-refractivity contribution is 7.89. The number of pyridine rings is 1. The molecule has 2 aromatic rings. The predicted octanol–water partition coefficient (Wildman–Crippen LogP) is 3.22. The number of hydrogen-bond donors (Lipinski definition) is 0. The minimum atomic E-state index is -3.76. The van der Waals surface area contributed by atoms with Crippen LogP contribution in [0.15, 0.2) is 60.1 Å². The number of amides is 1. The van der Waals surface area contributed by atoms with E-state index in [1.54, 1.807) is 23.1 Å². The largest absolute Gasteiger partial charge is 0.334 e. The normalized spacial score (nSPS) is 15.2. The van der Waals surface area contributed by atoms with Crippen molar-refractivity contribution in [3.63, 3.8) is 0 Å². The van der Waals surface area contributed by atoms with E-state index in [0.717, 1.165) is 5.56 Å². The summed E-state index contributed by atoms with van der Waals surface area (Å²) < 4.78 is 27.1. The Morgan fingerprint density at radius 1 is 1.29 bits per heavy atom. The Morgan fingerprint density at radius 3 is 2.55 bits per heavy atom. The van der Waals surface area contributed by atoms with Crippen LogP contribution in [0.5, 0.6) is 0 Å². The van der Waals surface area contributed by atoms with Gasteiger partial charge >= 0.3 is 0 Å². The lowest BCUT2D eigenvalue weighted by atomic mass is 9.96. The summed E-state index contributed by atoms with van der Waals surface area (Å²) in [4.78, 5) is 18.7. The zero-order chi connectivity index (χ0) is 22.4. The van der Waals surface area contributed by atoms with Crippen molar-refractivity contribution in [1.82, 2.24) is 14.2 Å². The Hall–Kier alpha value is -2.73.